The SMILES string of the molecule is NCc1ccc(C(=O)NCCCCCC=O)cc1. The average molecular weight is 248 g/mol. The first-order chi connectivity index (χ1) is 8.77. The third-order valence-electron chi connectivity index (χ3n) is 2.74. The van der Waals surface area contributed by atoms with Crippen molar-refractivity contribution >= 4 is 12.2 Å². The van der Waals surface area contributed by atoms with E-state index in [0.29, 0.717) is 25.1 Å². The van der Waals surface area contributed by atoms with Crippen LogP contribution >= 0.6 is 0 Å². The molecule has 1 aromatic carbocycles. The van der Waals surface area contributed by atoms with Crippen molar-refractivity contribution in [2.75, 3.05) is 6.54 Å². The van der Waals surface area contributed by atoms with E-state index < -0.39 is 0 Å². The van der Waals surface area contributed by atoms with Gasteiger partial charge in [0, 0.05) is 25.1 Å². The molecule has 18 heavy (non-hydrogen) atoms. The molecule has 0 spiro atoms. The van der Waals surface area contributed by atoms with E-state index in [2.05, 4.69) is 5.32 Å². The van der Waals surface area contributed by atoms with Crippen molar-refractivity contribution in [1.29, 1.82) is 0 Å². The van der Waals surface area contributed by atoms with Crippen LogP contribution in [0.5, 0.6) is 0 Å². The third-order valence-corrected chi connectivity index (χ3v) is 2.74. The molecule has 0 saturated carbocycles. The summed E-state index contributed by atoms with van der Waals surface area (Å²) in [6, 6.07) is 7.28. The lowest BCUT2D eigenvalue weighted by molar-refractivity contribution is -0.107. The molecule has 4 nitrogen and oxygen atoms in total. The first kappa shape index (κ1) is 14.4. The Bertz CT molecular complexity index is 374. The lowest BCUT2D eigenvalue weighted by atomic mass is 10.1. The second kappa shape index (κ2) is 8.42. The molecule has 0 atom stereocenters. The number of carbonyl (C=O) groups is 2. The summed E-state index contributed by atoms with van der Waals surface area (Å²) in [5, 5.41) is 2.85. The van der Waals surface area contributed by atoms with E-state index in [-0.39, 0.29) is 5.91 Å². The summed E-state index contributed by atoms with van der Waals surface area (Å²) in [6.07, 6.45) is 4.29. The molecule has 0 heterocycles. The van der Waals surface area contributed by atoms with Crippen LogP contribution in [0.3, 0.4) is 0 Å². The molecule has 1 amide bonds. The Morgan fingerprint density at radius 2 is 1.89 bits per heavy atom. The fraction of sp³-hybridized carbons (Fsp3) is 0.429. The standard InChI is InChI=1S/C14H20N2O2/c15-11-12-5-7-13(8-6-12)14(18)16-9-3-1-2-4-10-17/h5-8,10H,1-4,9,11,15H2,(H,16,18). The zero-order valence-corrected chi connectivity index (χ0v) is 10.5. The predicted molar refractivity (Wildman–Crippen MR) is 71.2 cm³/mol. The Kier molecular flexibility index (Phi) is 6.72. The molecule has 0 fully saturated rings. The number of benzene rings is 1. The molecule has 0 aromatic heterocycles. The summed E-state index contributed by atoms with van der Waals surface area (Å²) < 4.78 is 0. The van der Waals surface area contributed by atoms with Gasteiger partial charge in [0.15, 0.2) is 0 Å². The molecule has 1 aromatic rings. The number of hydrogen-bond acceptors (Lipinski definition) is 3. The number of amides is 1. The van der Waals surface area contributed by atoms with Gasteiger partial charge in [0.05, 0.1) is 0 Å². The second-order valence-corrected chi connectivity index (χ2v) is 4.17. The molecule has 0 saturated heterocycles. The van der Waals surface area contributed by atoms with Gasteiger partial charge in [-0.2, -0.15) is 0 Å². The quantitative estimate of drug-likeness (QED) is 0.542. The van der Waals surface area contributed by atoms with E-state index in [1.54, 1.807) is 12.1 Å². The van der Waals surface area contributed by atoms with Crippen molar-refractivity contribution in [2.24, 2.45) is 5.73 Å². The molecule has 0 aliphatic heterocycles. The van der Waals surface area contributed by atoms with E-state index in [4.69, 9.17) is 5.73 Å². The van der Waals surface area contributed by atoms with Crippen LogP contribution in [0, 0.1) is 0 Å². The van der Waals surface area contributed by atoms with Gasteiger partial charge in [-0.3, -0.25) is 4.79 Å². The van der Waals surface area contributed by atoms with Gasteiger partial charge in [-0.15, -0.1) is 0 Å². The van der Waals surface area contributed by atoms with Crippen molar-refractivity contribution in [1.82, 2.24) is 5.32 Å². The molecule has 4 heteroatoms. The lowest BCUT2D eigenvalue weighted by Gasteiger charge is -2.05. The predicted octanol–water partition coefficient (Wildman–Crippen LogP) is 1.63. The molecule has 0 unspecified atom stereocenters. The summed E-state index contributed by atoms with van der Waals surface area (Å²) in [5.41, 5.74) is 7.16. The highest BCUT2D eigenvalue weighted by molar-refractivity contribution is 5.94. The average Bonchev–Trinajstić information content (AvgIpc) is 2.42. The van der Waals surface area contributed by atoms with Gasteiger partial charge in [-0.25, -0.2) is 0 Å². The molecule has 0 aliphatic carbocycles. The smallest absolute Gasteiger partial charge is 0.251 e. The van der Waals surface area contributed by atoms with Gasteiger partial charge in [0.1, 0.15) is 6.29 Å². The van der Waals surface area contributed by atoms with Gasteiger partial charge < -0.3 is 15.8 Å². The fourth-order valence-corrected chi connectivity index (χ4v) is 1.63. The van der Waals surface area contributed by atoms with Gasteiger partial charge in [0.25, 0.3) is 5.91 Å². The van der Waals surface area contributed by atoms with Crippen molar-refractivity contribution in [3.8, 4) is 0 Å². The van der Waals surface area contributed by atoms with E-state index in [9.17, 15) is 9.59 Å². The van der Waals surface area contributed by atoms with E-state index in [0.717, 1.165) is 31.1 Å². The number of rotatable bonds is 8. The van der Waals surface area contributed by atoms with E-state index >= 15 is 0 Å². The van der Waals surface area contributed by atoms with Crippen LogP contribution in [-0.2, 0) is 11.3 Å². The number of nitrogens with one attached hydrogen (secondary N) is 1. The van der Waals surface area contributed by atoms with Crippen molar-refractivity contribution in [3.05, 3.63) is 35.4 Å². The maximum atomic E-state index is 11.7. The first-order valence-corrected chi connectivity index (χ1v) is 6.28. The minimum atomic E-state index is -0.0611. The molecule has 0 aliphatic rings. The van der Waals surface area contributed by atoms with Crippen LogP contribution in [0.1, 0.15) is 41.6 Å². The summed E-state index contributed by atoms with van der Waals surface area (Å²) in [7, 11) is 0. The van der Waals surface area contributed by atoms with E-state index in [1.807, 2.05) is 12.1 Å². The normalized spacial score (nSPS) is 10.1. The zero-order chi connectivity index (χ0) is 13.2. The summed E-state index contributed by atoms with van der Waals surface area (Å²) in [6.45, 7) is 1.13. The minimum absolute atomic E-state index is 0.0611. The summed E-state index contributed by atoms with van der Waals surface area (Å²) in [5.74, 6) is -0.0611. The van der Waals surface area contributed by atoms with Crippen LogP contribution in [0.25, 0.3) is 0 Å². The number of hydrogen-bond donors (Lipinski definition) is 2. The number of carbonyl (C=O) groups excluding carboxylic acids is 2. The number of aldehydes is 1. The van der Waals surface area contributed by atoms with Crippen molar-refractivity contribution in [3.63, 3.8) is 0 Å². The van der Waals surface area contributed by atoms with Gasteiger partial charge in [-0.05, 0) is 30.5 Å². The first-order valence-electron chi connectivity index (χ1n) is 6.28. The van der Waals surface area contributed by atoms with E-state index in [1.165, 1.54) is 0 Å². The Hall–Kier alpha value is -1.68. The lowest BCUT2D eigenvalue weighted by Crippen LogP contribution is -2.24. The monoisotopic (exact) mass is 248 g/mol. The molecule has 98 valence electrons. The summed E-state index contributed by atoms with van der Waals surface area (Å²) in [4.78, 5) is 21.8. The van der Waals surface area contributed by atoms with Crippen molar-refractivity contribution < 1.29 is 9.59 Å². The Labute approximate surface area is 108 Å². The Balaban J connectivity index is 2.25. The highest BCUT2D eigenvalue weighted by Crippen LogP contribution is 2.04. The van der Waals surface area contributed by atoms with Crippen molar-refractivity contribution in [2.45, 2.75) is 32.2 Å². The maximum Gasteiger partial charge on any atom is 0.251 e. The van der Waals surface area contributed by atoms with Crippen LogP contribution in [0.15, 0.2) is 24.3 Å². The van der Waals surface area contributed by atoms with Gasteiger partial charge in [-0.1, -0.05) is 18.6 Å². The second-order valence-electron chi connectivity index (χ2n) is 4.17. The maximum absolute atomic E-state index is 11.7. The third kappa shape index (κ3) is 5.10. The largest absolute Gasteiger partial charge is 0.352 e. The summed E-state index contributed by atoms with van der Waals surface area (Å²) >= 11 is 0. The van der Waals surface area contributed by atoms with Crippen LogP contribution in [0.2, 0.25) is 0 Å². The molecule has 3 N–H and O–H groups in total. The molecular formula is C14H20N2O2. The highest BCUT2D eigenvalue weighted by Gasteiger charge is 2.03. The zero-order valence-electron chi connectivity index (χ0n) is 10.5. The van der Waals surface area contributed by atoms with Crippen LogP contribution in [0.4, 0.5) is 0 Å². The van der Waals surface area contributed by atoms with Gasteiger partial charge in [0.2, 0.25) is 0 Å². The molecule has 0 bridgehead atoms. The van der Waals surface area contributed by atoms with Crippen LogP contribution in [-0.4, -0.2) is 18.7 Å². The molecule has 0 radical (unpaired) electrons. The highest BCUT2D eigenvalue weighted by atomic mass is 16.1. The fourth-order valence-electron chi connectivity index (χ4n) is 1.63. The minimum Gasteiger partial charge on any atom is -0.352 e. The topological polar surface area (TPSA) is 72.2 Å². The number of nitrogens with two attached hydrogens (primary N) is 1. The Morgan fingerprint density at radius 3 is 2.50 bits per heavy atom. The van der Waals surface area contributed by atoms with Gasteiger partial charge >= 0.3 is 0 Å². The van der Waals surface area contributed by atoms with Crippen LogP contribution < -0.4 is 11.1 Å². The molecule has 1 rings (SSSR count). The molecular weight excluding hydrogens is 228 g/mol. The number of unbranched alkanes of at least 4 members (excludes halogenated alkanes) is 3. The Morgan fingerprint density at radius 1 is 1.17 bits per heavy atom.